The van der Waals surface area contributed by atoms with Crippen molar-refractivity contribution >= 4 is 11.0 Å². The SMILES string of the molecule is C=C(CCc1nc([C@H]2CCO[C@@H](c3cnn(C4CC4)c3)C2)cc2nc(C)cnc12)C(F)(F)F. The Kier molecular flexibility index (Phi) is 5.68. The topological polar surface area (TPSA) is 65.7 Å². The summed E-state index contributed by atoms with van der Waals surface area (Å²) in [6, 6.07) is 2.44. The molecule has 2 aliphatic rings. The number of ether oxygens (including phenoxy) is 1. The molecular formula is C24H26F3N5O. The molecular weight excluding hydrogens is 431 g/mol. The third-order valence-electron chi connectivity index (χ3n) is 6.42. The summed E-state index contributed by atoms with van der Waals surface area (Å²) in [4.78, 5) is 13.8. The second kappa shape index (κ2) is 8.52. The van der Waals surface area contributed by atoms with E-state index in [0.29, 0.717) is 29.4 Å². The molecule has 3 aromatic rings. The van der Waals surface area contributed by atoms with Crippen molar-refractivity contribution in [2.45, 2.75) is 69.7 Å². The van der Waals surface area contributed by atoms with Gasteiger partial charge in [-0.25, -0.2) is 4.98 Å². The van der Waals surface area contributed by atoms with E-state index in [9.17, 15) is 13.2 Å². The van der Waals surface area contributed by atoms with Crippen molar-refractivity contribution in [3.8, 4) is 0 Å². The van der Waals surface area contributed by atoms with Crippen LogP contribution in [0.4, 0.5) is 13.2 Å². The predicted molar refractivity (Wildman–Crippen MR) is 117 cm³/mol. The average Bonchev–Trinajstić information content (AvgIpc) is 3.52. The minimum atomic E-state index is -4.41. The molecule has 9 heteroatoms. The van der Waals surface area contributed by atoms with Crippen LogP contribution in [0.1, 0.15) is 72.8 Å². The second-order valence-electron chi connectivity index (χ2n) is 9.04. The number of halogens is 3. The van der Waals surface area contributed by atoms with Gasteiger partial charge in [-0.1, -0.05) is 6.58 Å². The lowest BCUT2D eigenvalue weighted by Crippen LogP contribution is -2.20. The quantitative estimate of drug-likeness (QED) is 0.454. The van der Waals surface area contributed by atoms with Crippen LogP contribution in [-0.2, 0) is 11.2 Å². The monoisotopic (exact) mass is 457 g/mol. The Balaban J connectivity index is 1.42. The van der Waals surface area contributed by atoms with Crippen molar-refractivity contribution in [3.05, 3.63) is 59.5 Å². The van der Waals surface area contributed by atoms with Crippen LogP contribution in [0.2, 0.25) is 0 Å². The number of aromatic nitrogens is 5. The summed E-state index contributed by atoms with van der Waals surface area (Å²) in [5.41, 5.74) is 3.63. The number of pyridine rings is 1. The summed E-state index contributed by atoms with van der Waals surface area (Å²) < 4.78 is 47.0. The fraction of sp³-hybridized carbons (Fsp3) is 0.500. The molecule has 4 heterocycles. The van der Waals surface area contributed by atoms with E-state index in [-0.39, 0.29) is 24.9 Å². The van der Waals surface area contributed by atoms with Gasteiger partial charge in [0.2, 0.25) is 0 Å². The number of hydrogen-bond donors (Lipinski definition) is 0. The molecule has 174 valence electrons. The molecule has 1 saturated carbocycles. The number of hydrogen-bond acceptors (Lipinski definition) is 5. The number of allylic oxidation sites excluding steroid dienone is 1. The first-order chi connectivity index (χ1) is 15.8. The summed E-state index contributed by atoms with van der Waals surface area (Å²) in [6.45, 7) is 5.63. The number of aryl methyl sites for hydroxylation is 2. The molecule has 0 aromatic carbocycles. The van der Waals surface area contributed by atoms with E-state index in [4.69, 9.17) is 9.72 Å². The maximum absolute atomic E-state index is 13.0. The summed E-state index contributed by atoms with van der Waals surface area (Å²) in [5.74, 6) is 0.115. The van der Waals surface area contributed by atoms with E-state index in [1.54, 1.807) is 6.20 Å². The molecule has 1 aliphatic carbocycles. The van der Waals surface area contributed by atoms with Crippen molar-refractivity contribution in [1.82, 2.24) is 24.7 Å². The van der Waals surface area contributed by atoms with Gasteiger partial charge in [0.25, 0.3) is 0 Å². The van der Waals surface area contributed by atoms with Gasteiger partial charge in [0.15, 0.2) is 0 Å². The van der Waals surface area contributed by atoms with Crippen molar-refractivity contribution in [1.29, 1.82) is 0 Å². The molecule has 3 aromatic heterocycles. The summed E-state index contributed by atoms with van der Waals surface area (Å²) in [7, 11) is 0. The first-order valence-corrected chi connectivity index (χ1v) is 11.3. The first-order valence-electron chi connectivity index (χ1n) is 11.3. The van der Waals surface area contributed by atoms with Crippen LogP contribution < -0.4 is 0 Å². The van der Waals surface area contributed by atoms with Crippen LogP contribution in [0.25, 0.3) is 11.0 Å². The lowest BCUT2D eigenvalue weighted by Gasteiger charge is -2.29. The summed E-state index contributed by atoms with van der Waals surface area (Å²) in [5, 5.41) is 4.48. The second-order valence-corrected chi connectivity index (χ2v) is 9.04. The van der Waals surface area contributed by atoms with E-state index in [1.807, 2.05) is 23.9 Å². The molecule has 6 nitrogen and oxygen atoms in total. The van der Waals surface area contributed by atoms with Gasteiger partial charge < -0.3 is 4.74 Å². The number of alkyl halides is 3. The van der Waals surface area contributed by atoms with E-state index in [2.05, 4.69) is 27.8 Å². The fourth-order valence-corrected chi connectivity index (χ4v) is 4.35. The Hall–Kier alpha value is -2.81. The Morgan fingerprint density at radius 1 is 1.21 bits per heavy atom. The lowest BCUT2D eigenvalue weighted by molar-refractivity contribution is -0.0935. The van der Waals surface area contributed by atoms with Crippen molar-refractivity contribution in [2.24, 2.45) is 0 Å². The Bertz CT molecular complexity index is 1180. The summed E-state index contributed by atoms with van der Waals surface area (Å²) in [6.07, 6.45) is 4.84. The van der Waals surface area contributed by atoms with E-state index >= 15 is 0 Å². The molecule has 0 bridgehead atoms. The third-order valence-corrected chi connectivity index (χ3v) is 6.42. The standard InChI is InChI=1S/C24H26F3N5O/c1-14(24(25,26)27)3-6-19-23-21(30-15(2)11-28-23)10-20(31-19)16-7-8-33-22(9-16)17-12-29-32(13-17)18-4-5-18/h10-13,16,18,22H,1,3-9H2,2H3/t16-,22+/m0/s1. The van der Waals surface area contributed by atoms with Crippen molar-refractivity contribution in [2.75, 3.05) is 6.61 Å². The zero-order valence-electron chi connectivity index (χ0n) is 18.5. The van der Waals surface area contributed by atoms with Crippen LogP contribution in [0, 0.1) is 6.92 Å². The van der Waals surface area contributed by atoms with Crippen LogP contribution in [0.5, 0.6) is 0 Å². The Morgan fingerprint density at radius 2 is 2.03 bits per heavy atom. The van der Waals surface area contributed by atoms with Gasteiger partial charge in [0, 0.05) is 41.7 Å². The van der Waals surface area contributed by atoms with Crippen molar-refractivity contribution < 1.29 is 17.9 Å². The van der Waals surface area contributed by atoms with Gasteiger partial charge in [0.05, 0.1) is 35.2 Å². The maximum Gasteiger partial charge on any atom is 0.412 e. The van der Waals surface area contributed by atoms with Gasteiger partial charge in [-0.15, -0.1) is 0 Å². The van der Waals surface area contributed by atoms with Gasteiger partial charge in [-0.2, -0.15) is 18.3 Å². The molecule has 2 atom stereocenters. The van der Waals surface area contributed by atoms with Gasteiger partial charge >= 0.3 is 6.18 Å². The van der Waals surface area contributed by atoms with Crippen LogP contribution in [0.15, 0.2) is 36.8 Å². The highest BCUT2D eigenvalue weighted by atomic mass is 19.4. The average molecular weight is 458 g/mol. The number of fused-ring (bicyclic) bond motifs is 1. The van der Waals surface area contributed by atoms with Gasteiger partial charge in [-0.05, 0) is 51.5 Å². The lowest BCUT2D eigenvalue weighted by atomic mass is 9.89. The molecule has 2 fully saturated rings. The molecule has 0 spiro atoms. The van der Waals surface area contributed by atoms with Gasteiger partial charge in [0.1, 0.15) is 5.52 Å². The highest BCUT2D eigenvalue weighted by molar-refractivity contribution is 5.77. The predicted octanol–water partition coefficient (Wildman–Crippen LogP) is 5.55. The zero-order chi connectivity index (χ0) is 23.2. The van der Waals surface area contributed by atoms with Crippen LogP contribution in [0.3, 0.4) is 0 Å². The fourth-order valence-electron chi connectivity index (χ4n) is 4.35. The number of nitrogens with zero attached hydrogens (tertiary/aromatic N) is 5. The Morgan fingerprint density at radius 3 is 2.79 bits per heavy atom. The molecule has 1 saturated heterocycles. The molecule has 0 amide bonds. The molecule has 5 rings (SSSR count). The number of rotatable bonds is 6. The van der Waals surface area contributed by atoms with Gasteiger partial charge in [-0.3, -0.25) is 14.6 Å². The minimum Gasteiger partial charge on any atom is -0.373 e. The Labute approximate surface area is 189 Å². The van der Waals surface area contributed by atoms with Crippen LogP contribution >= 0.6 is 0 Å². The molecule has 33 heavy (non-hydrogen) atoms. The summed E-state index contributed by atoms with van der Waals surface area (Å²) >= 11 is 0. The smallest absolute Gasteiger partial charge is 0.373 e. The molecule has 0 unspecified atom stereocenters. The highest BCUT2D eigenvalue weighted by Gasteiger charge is 2.32. The first kappa shape index (κ1) is 22.0. The molecule has 0 N–H and O–H groups in total. The van der Waals surface area contributed by atoms with Crippen LogP contribution in [-0.4, -0.2) is 37.5 Å². The van der Waals surface area contributed by atoms with E-state index < -0.39 is 11.7 Å². The largest absolute Gasteiger partial charge is 0.412 e. The van der Waals surface area contributed by atoms with E-state index in [1.165, 1.54) is 12.8 Å². The third kappa shape index (κ3) is 4.78. The minimum absolute atomic E-state index is 0.0780. The van der Waals surface area contributed by atoms with Crippen molar-refractivity contribution in [3.63, 3.8) is 0 Å². The molecule has 0 radical (unpaired) electrons. The molecule has 1 aliphatic heterocycles. The zero-order valence-corrected chi connectivity index (χ0v) is 18.5. The highest BCUT2D eigenvalue weighted by Crippen LogP contribution is 2.40. The maximum atomic E-state index is 13.0. The van der Waals surface area contributed by atoms with E-state index in [0.717, 1.165) is 29.8 Å². The normalized spacial score (nSPS) is 21.5.